The van der Waals surface area contributed by atoms with Crippen LogP contribution in [0.25, 0.3) is 33.7 Å². The first-order valence-corrected chi connectivity index (χ1v) is 7.78. The summed E-state index contributed by atoms with van der Waals surface area (Å²) in [6.07, 6.45) is 0. The largest absolute Gasteiger partial charge is 0.449 e. The van der Waals surface area contributed by atoms with E-state index in [0.717, 1.165) is 22.4 Å². The maximum atomic E-state index is 6.04. The highest BCUT2D eigenvalue weighted by Gasteiger charge is 2.19. The number of hydrogen-bond acceptors (Lipinski definition) is 1. The van der Waals surface area contributed by atoms with Crippen molar-refractivity contribution in [2.75, 3.05) is 0 Å². The molecular formula is C21H18NO+. The number of pyridine rings is 1. The van der Waals surface area contributed by atoms with Crippen LogP contribution in [-0.4, -0.2) is 0 Å². The fraction of sp³-hybridized carbons (Fsp3) is 0.0952. The van der Waals surface area contributed by atoms with E-state index in [9.17, 15) is 0 Å². The van der Waals surface area contributed by atoms with Crippen molar-refractivity contribution >= 4 is 11.1 Å². The van der Waals surface area contributed by atoms with E-state index in [4.69, 9.17) is 4.42 Å². The van der Waals surface area contributed by atoms with Crippen LogP contribution in [0.5, 0.6) is 0 Å². The van der Waals surface area contributed by atoms with Gasteiger partial charge in [-0.3, -0.25) is 0 Å². The van der Waals surface area contributed by atoms with E-state index in [2.05, 4.69) is 73.1 Å². The van der Waals surface area contributed by atoms with Gasteiger partial charge in [-0.25, -0.2) is 0 Å². The summed E-state index contributed by atoms with van der Waals surface area (Å²) in [6, 6.07) is 25.0. The van der Waals surface area contributed by atoms with Crippen molar-refractivity contribution < 1.29 is 8.98 Å². The summed E-state index contributed by atoms with van der Waals surface area (Å²) < 4.78 is 8.24. The summed E-state index contributed by atoms with van der Waals surface area (Å²) in [5, 5.41) is 0. The zero-order valence-corrected chi connectivity index (χ0v) is 13.3. The molecule has 112 valence electrons. The van der Waals surface area contributed by atoms with Gasteiger partial charge in [-0.05, 0) is 24.6 Å². The highest BCUT2D eigenvalue weighted by Crippen LogP contribution is 2.28. The maximum Gasteiger partial charge on any atom is 0.252 e. The zero-order valence-electron chi connectivity index (χ0n) is 13.3. The lowest BCUT2D eigenvalue weighted by atomic mass is 10.0. The first-order chi connectivity index (χ1) is 11.2. The van der Waals surface area contributed by atoms with E-state index in [1.807, 2.05) is 18.2 Å². The van der Waals surface area contributed by atoms with Crippen LogP contribution in [0.4, 0.5) is 0 Å². The standard InChI is InChI=1S/C21H18NO/c1-15-8-6-7-11-17(15)18-12-13-20-19(22(18)2)14-21(23-20)16-9-4-3-5-10-16/h3-14H,1-2H3/q+1. The minimum absolute atomic E-state index is 0.901. The molecule has 0 spiro atoms. The quantitative estimate of drug-likeness (QED) is 0.481. The van der Waals surface area contributed by atoms with Crippen LogP contribution in [0, 0.1) is 6.92 Å². The number of aromatic nitrogens is 1. The van der Waals surface area contributed by atoms with Gasteiger partial charge in [0.2, 0.25) is 5.69 Å². The maximum absolute atomic E-state index is 6.04. The molecular weight excluding hydrogens is 282 g/mol. The topological polar surface area (TPSA) is 17.0 Å². The summed E-state index contributed by atoms with van der Waals surface area (Å²) in [5.74, 6) is 0.901. The third-order valence-electron chi connectivity index (χ3n) is 4.33. The normalized spacial score (nSPS) is 11.0. The molecule has 2 aromatic carbocycles. The van der Waals surface area contributed by atoms with Crippen molar-refractivity contribution in [2.24, 2.45) is 7.05 Å². The monoisotopic (exact) mass is 300 g/mol. The van der Waals surface area contributed by atoms with Crippen LogP contribution in [0.2, 0.25) is 0 Å². The zero-order chi connectivity index (χ0) is 15.8. The third kappa shape index (κ3) is 2.33. The number of hydrogen-bond donors (Lipinski definition) is 0. The van der Waals surface area contributed by atoms with Gasteiger partial charge in [0.25, 0.3) is 5.52 Å². The SMILES string of the molecule is Cc1ccccc1-c1ccc2oc(-c3ccccc3)cc2[n+]1C. The number of furan rings is 1. The molecule has 0 aliphatic heterocycles. The van der Waals surface area contributed by atoms with E-state index in [1.165, 1.54) is 16.8 Å². The molecule has 0 bridgehead atoms. The second-order valence-corrected chi connectivity index (χ2v) is 5.82. The highest BCUT2D eigenvalue weighted by molar-refractivity contribution is 5.78. The highest BCUT2D eigenvalue weighted by atomic mass is 16.3. The number of rotatable bonds is 2. The third-order valence-corrected chi connectivity index (χ3v) is 4.33. The lowest BCUT2D eigenvalue weighted by Gasteiger charge is -2.03. The molecule has 0 atom stereocenters. The molecule has 2 heterocycles. The molecule has 2 heteroatoms. The predicted molar refractivity (Wildman–Crippen MR) is 93.0 cm³/mol. The summed E-state index contributed by atoms with van der Waals surface area (Å²) in [5.41, 5.74) is 6.82. The van der Waals surface area contributed by atoms with Gasteiger partial charge in [0.15, 0.2) is 5.58 Å². The Balaban J connectivity index is 1.91. The molecule has 23 heavy (non-hydrogen) atoms. The van der Waals surface area contributed by atoms with Gasteiger partial charge in [-0.1, -0.05) is 48.5 Å². The van der Waals surface area contributed by atoms with Crippen LogP contribution >= 0.6 is 0 Å². The van der Waals surface area contributed by atoms with E-state index < -0.39 is 0 Å². The smallest absolute Gasteiger partial charge is 0.252 e. The molecule has 0 amide bonds. The molecule has 0 fully saturated rings. The van der Waals surface area contributed by atoms with Crippen molar-refractivity contribution in [3.8, 4) is 22.6 Å². The fourth-order valence-corrected chi connectivity index (χ4v) is 3.05. The molecule has 0 aliphatic rings. The van der Waals surface area contributed by atoms with Crippen LogP contribution in [0.15, 0.2) is 77.2 Å². The molecule has 4 rings (SSSR count). The van der Waals surface area contributed by atoms with Gasteiger partial charge in [0.05, 0.1) is 6.07 Å². The van der Waals surface area contributed by atoms with Crippen molar-refractivity contribution in [1.29, 1.82) is 0 Å². The average molecular weight is 300 g/mol. The van der Waals surface area contributed by atoms with Crippen molar-refractivity contribution in [3.05, 3.63) is 78.4 Å². The summed E-state index contributed by atoms with van der Waals surface area (Å²) >= 11 is 0. The van der Waals surface area contributed by atoms with Crippen molar-refractivity contribution in [1.82, 2.24) is 0 Å². The number of aryl methyl sites for hydroxylation is 2. The van der Waals surface area contributed by atoms with E-state index >= 15 is 0 Å². The van der Waals surface area contributed by atoms with E-state index in [-0.39, 0.29) is 0 Å². The van der Waals surface area contributed by atoms with Crippen LogP contribution in [0.1, 0.15) is 5.56 Å². The molecule has 2 nitrogen and oxygen atoms in total. The summed E-state index contributed by atoms with van der Waals surface area (Å²) in [7, 11) is 2.09. The van der Waals surface area contributed by atoms with Crippen LogP contribution < -0.4 is 4.57 Å². The summed E-state index contributed by atoms with van der Waals surface area (Å²) in [6.45, 7) is 2.14. The fourth-order valence-electron chi connectivity index (χ4n) is 3.05. The minimum Gasteiger partial charge on any atom is -0.449 e. The van der Waals surface area contributed by atoms with Gasteiger partial charge >= 0.3 is 0 Å². The lowest BCUT2D eigenvalue weighted by Crippen LogP contribution is -2.31. The Morgan fingerprint density at radius 2 is 1.57 bits per heavy atom. The first kappa shape index (κ1) is 13.8. The Morgan fingerprint density at radius 3 is 2.35 bits per heavy atom. The molecule has 4 aromatic rings. The lowest BCUT2D eigenvalue weighted by molar-refractivity contribution is -0.633. The molecule has 0 aliphatic carbocycles. The average Bonchev–Trinajstić information content (AvgIpc) is 3.02. The minimum atomic E-state index is 0.901. The van der Waals surface area contributed by atoms with Gasteiger partial charge in [-0.2, -0.15) is 4.57 Å². The molecule has 2 aromatic heterocycles. The Hall–Kier alpha value is -2.87. The Kier molecular flexibility index (Phi) is 3.23. The van der Waals surface area contributed by atoms with Gasteiger partial charge in [0.1, 0.15) is 12.8 Å². The second kappa shape index (κ2) is 5.40. The Labute approximate surface area is 135 Å². The second-order valence-electron chi connectivity index (χ2n) is 5.82. The molecule has 0 saturated heterocycles. The number of nitrogens with zero attached hydrogens (tertiary/aromatic N) is 1. The predicted octanol–water partition coefficient (Wildman–Crippen LogP) is 4.90. The van der Waals surface area contributed by atoms with Gasteiger partial charge in [0, 0.05) is 17.2 Å². The Bertz CT molecular complexity index is 983. The number of fused-ring (bicyclic) bond motifs is 1. The van der Waals surface area contributed by atoms with Crippen LogP contribution in [0.3, 0.4) is 0 Å². The summed E-state index contributed by atoms with van der Waals surface area (Å²) in [4.78, 5) is 0. The number of benzene rings is 2. The van der Waals surface area contributed by atoms with Crippen LogP contribution in [-0.2, 0) is 7.05 Å². The van der Waals surface area contributed by atoms with Gasteiger partial charge < -0.3 is 4.42 Å². The molecule has 0 unspecified atom stereocenters. The molecule has 0 radical (unpaired) electrons. The van der Waals surface area contributed by atoms with Crippen molar-refractivity contribution in [3.63, 3.8) is 0 Å². The molecule has 0 saturated carbocycles. The van der Waals surface area contributed by atoms with Crippen molar-refractivity contribution in [2.45, 2.75) is 6.92 Å². The first-order valence-electron chi connectivity index (χ1n) is 7.78. The Morgan fingerprint density at radius 1 is 0.826 bits per heavy atom. The van der Waals surface area contributed by atoms with E-state index in [0.29, 0.717) is 0 Å². The van der Waals surface area contributed by atoms with E-state index in [1.54, 1.807) is 0 Å². The van der Waals surface area contributed by atoms with Gasteiger partial charge in [-0.15, -0.1) is 0 Å². The molecule has 0 N–H and O–H groups in total.